The van der Waals surface area contributed by atoms with Gasteiger partial charge in [-0.25, -0.2) is 4.39 Å². The number of hydrogen-bond donors (Lipinski definition) is 1. The largest absolute Gasteiger partial charge is 0.312 e. The summed E-state index contributed by atoms with van der Waals surface area (Å²) in [7, 11) is 1.87. The van der Waals surface area contributed by atoms with Crippen molar-refractivity contribution in [3.63, 3.8) is 0 Å². The van der Waals surface area contributed by atoms with Gasteiger partial charge in [0.2, 0.25) is 0 Å². The number of rotatable bonds is 6. The molecular weight excluding hydrogens is 287 g/mol. The second-order valence-corrected chi connectivity index (χ2v) is 6.49. The van der Waals surface area contributed by atoms with Crippen molar-refractivity contribution in [1.82, 2.24) is 20.1 Å². The topological polar surface area (TPSA) is 42.7 Å². The number of benzene rings is 1. The van der Waals surface area contributed by atoms with Crippen molar-refractivity contribution in [2.45, 2.75) is 37.4 Å². The number of aryl methyl sites for hydroxylation is 1. The minimum atomic E-state index is -0.218. The number of hydrogen-bond acceptors (Lipinski definition) is 4. The van der Waals surface area contributed by atoms with Crippen molar-refractivity contribution >= 4 is 11.8 Å². The van der Waals surface area contributed by atoms with Gasteiger partial charge in [0.1, 0.15) is 11.6 Å². The Bertz CT molecular complexity index is 610. The van der Waals surface area contributed by atoms with E-state index in [2.05, 4.69) is 29.4 Å². The molecule has 0 aliphatic carbocycles. The normalized spacial score (nSPS) is 11.3. The zero-order chi connectivity index (χ0) is 15.4. The molecule has 1 N–H and O–H groups in total. The maximum absolute atomic E-state index is 14.2. The molecule has 0 unspecified atom stereocenters. The summed E-state index contributed by atoms with van der Waals surface area (Å²) in [5, 5.41) is 12.0. The average Bonchev–Trinajstić information content (AvgIpc) is 2.73. The van der Waals surface area contributed by atoms with Crippen LogP contribution in [0.4, 0.5) is 4.39 Å². The molecule has 2 aromatic rings. The Balaban J connectivity index is 2.03. The van der Waals surface area contributed by atoms with Gasteiger partial charge in [0.15, 0.2) is 5.16 Å². The van der Waals surface area contributed by atoms with E-state index in [0.29, 0.717) is 22.5 Å². The molecule has 0 saturated carbocycles. The molecule has 0 bridgehead atoms. The summed E-state index contributed by atoms with van der Waals surface area (Å²) in [5.74, 6) is 1.18. The van der Waals surface area contributed by atoms with E-state index in [1.807, 2.05) is 24.6 Å². The van der Waals surface area contributed by atoms with Gasteiger partial charge in [-0.05, 0) is 48.8 Å². The summed E-state index contributed by atoms with van der Waals surface area (Å²) in [6, 6.07) is 5.33. The number of nitrogens with zero attached hydrogens (tertiary/aromatic N) is 3. The molecule has 0 saturated heterocycles. The molecule has 1 aromatic carbocycles. The Morgan fingerprint density at radius 2 is 2.10 bits per heavy atom. The highest BCUT2D eigenvalue weighted by Gasteiger charge is 2.11. The first kappa shape index (κ1) is 16.0. The lowest BCUT2D eigenvalue weighted by Gasteiger charge is -2.09. The lowest BCUT2D eigenvalue weighted by atomic mass is 10.2. The Morgan fingerprint density at radius 1 is 1.33 bits per heavy atom. The van der Waals surface area contributed by atoms with E-state index in [-0.39, 0.29) is 5.82 Å². The van der Waals surface area contributed by atoms with Crippen molar-refractivity contribution in [1.29, 1.82) is 0 Å². The zero-order valence-corrected chi connectivity index (χ0v) is 13.7. The van der Waals surface area contributed by atoms with Crippen LogP contribution in [0.5, 0.6) is 0 Å². The van der Waals surface area contributed by atoms with Crippen LogP contribution in [-0.4, -0.2) is 21.3 Å². The lowest BCUT2D eigenvalue weighted by Crippen LogP contribution is -2.18. The summed E-state index contributed by atoms with van der Waals surface area (Å²) in [5.41, 5.74) is 0.951. The molecule has 0 fully saturated rings. The SMILES string of the molecule is Cc1nnc(Sc2ccc(CNCC(C)C)cc2F)n1C. The fourth-order valence-electron chi connectivity index (χ4n) is 1.82. The predicted molar refractivity (Wildman–Crippen MR) is 82.8 cm³/mol. The van der Waals surface area contributed by atoms with E-state index in [4.69, 9.17) is 0 Å². The van der Waals surface area contributed by atoms with E-state index >= 15 is 0 Å². The Morgan fingerprint density at radius 3 is 2.67 bits per heavy atom. The van der Waals surface area contributed by atoms with Crippen LogP contribution in [0, 0.1) is 18.7 Å². The van der Waals surface area contributed by atoms with E-state index < -0.39 is 0 Å². The fraction of sp³-hybridized carbons (Fsp3) is 0.467. The lowest BCUT2D eigenvalue weighted by molar-refractivity contribution is 0.548. The van der Waals surface area contributed by atoms with Gasteiger partial charge in [0.25, 0.3) is 0 Å². The van der Waals surface area contributed by atoms with Crippen LogP contribution in [0.1, 0.15) is 25.2 Å². The van der Waals surface area contributed by atoms with E-state index in [1.165, 1.54) is 11.8 Å². The monoisotopic (exact) mass is 308 g/mol. The first-order chi connectivity index (χ1) is 9.97. The molecule has 4 nitrogen and oxygen atoms in total. The third-order valence-electron chi connectivity index (χ3n) is 3.13. The molecule has 2 rings (SSSR count). The van der Waals surface area contributed by atoms with Gasteiger partial charge < -0.3 is 9.88 Å². The van der Waals surface area contributed by atoms with Gasteiger partial charge in [0, 0.05) is 13.6 Å². The first-order valence-corrected chi connectivity index (χ1v) is 7.82. The van der Waals surface area contributed by atoms with Crippen molar-refractivity contribution in [2.75, 3.05) is 6.54 Å². The maximum atomic E-state index is 14.2. The fourth-order valence-corrected chi connectivity index (χ4v) is 2.66. The van der Waals surface area contributed by atoms with Crippen molar-refractivity contribution < 1.29 is 4.39 Å². The molecule has 0 aliphatic rings. The highest BCUT2D eigenvalue weighted by atomic mass is 32.2. The smallest absolute Gasteiger partial charge is 0.195 e. The predicted octanol–water partition coefficient (Wildman–Crippen LogP) is 3.16. The van der Waals surface area contributed by atoms with Gasteiger partial charge in [-0.1, -0.05) is 19.9 Å². The van der Waals surface area contributed by atoms with E-state index in [1.54, 1.807) is 12.1 Å². The average molecular weight is 308 g/mol. The quantitative estimate of drug-likeness (QED) is 0.890. The molecule has 0 radical (unpaired) electrons. The van der Waals surface area contributed by atoms with Crippen LogP contribution in [0.15, 0.2) is 28.3 Å². The molecule has 0 spiro atoms. The molecule has 1 heterocycles. The third kappa shape index (κ3) is 4.28. The van der Waals surface area contributed by atoms with Gasteiger partial charge in [-0.3, -0.25) is 0 Å². The van der Waals surface area contributed by atoms with Gasteiger partial charge in [0.05, 0.1) is 4.90 Å². The third-order valence-corrected chi connectivity index (χ3v) is 4.22. The van der Waals surface area contributed by atoms with Gasteiger partial charge >= 0.3 is 0 Å². The first-order valence-electron chi connectivity index (χ1n) is 7.00. The van der Waals surface area contributed by atoms with Gasteiger partial charge in [-0.2, -0.15) is 0 Å². The van der Waals surface area contributed by atoms with E-state index in [0.717, 1.165) is 17.9 Å². The molecule has 21 heavy (non-hydrogen) atoms. The molecule has 0 aliphatic heterocycles. The summed E-state index contributed by atoms with van der Waals surface area (Å²) >= 11 is 1.29. The maximum Gasteiger partial charge on any atom is 0.195 e. The van der Waals surface area contributed by atoms with Crippen LogP contribution in [0.25, 0.3) is 0 Å². The van der Waals surface area contributed by atoms with Crippen LogP contribution in [-0.2, 0) is 13.6 Å². The highest BCUT2D eigenvalue weighted by Crippen LogP contribution is 2.28. The second kappa shape index (κ2) is 7.04. The highest BCUT2D eigenvalue weighted by molar-refractivity contribution is 7.99. The van der Waals surface area contributed by atoms with Crippen LogP contribution in [0.3, 0.4) is 0 Å². The summed E-state index contributed by atoms with van der Waals surface area (Å²) in [6.45, 7) is 7.78. The Kier molecular flexibility index (Phi) is 5.36. The van der Waals surface area contributed by atoms with Gasteiger partial charge in [-0.15, -0.1) is 10.2 Å². The van der Waals surface area contributed by atoms with E-state index in [9.17, 15) is 4.39 Å². The molecule has 6 heteroatoms. The van der Waals surface area contributed by atoms with Crippen LogP contribution in [0.2, 0.25) is 0 Å². The number of halogens is 1. The van der Waals surface area contributed by atoms with Crippen molar-refractivity contribution in [3.05, 3.63) is 35.4 Å². The standard InChI is InChI=1S/C15H21FN4S/c1-10(2)8-17-9-12-5-6-14(13(16)7-12)21-15-19-18-11(3)20(15)4/h5-7,10,17H,8-9H2,1-4H3. The molecule has 0 atom stereocenters. The Labute approximate surface area is 129 Å². The molecule has 114 valence electrons. The Hall–Kier alpha value is -1.40. The molecular formula is C15H21FN4S. The second-order valence-electron chi connectivity index (χ2n) is 5.48. The number of nitrogens with one attached hydrogen (secondary N) is 1. The van der Waals surface area contributed by atoms with Crippen molar-refractivity contribution in [3.8, 4) is 0 Å². The minimum Gasteiger partial charge on any atom is -0.312 e. The van der Waals surface area contributed by atoms with Crippen molar-refractivity contribution in [2.24, 2.45) is 13.0 Å². The molecule has 1 aromatic heterocycles. The zero-order valence-electron chi connectivity index (χ0n) is 12.9. The van der Waals surface area contributed by atoms with Crippen LogP contribution >= 0.6 is 11.8 Å². The van der Waals surface area contributed by atoms with Crippen LogP contribution < -0.4 is 5.32 Å². The summed E-state index contributed by atoms with van der Waals surface area (Å²) in [4.78, 5) is 0.568. The number of aromatic nitrogens is 3. The molecule has 0 amide bonds. The summed E-state index contributed by atoms with van der Waals surface area (Å²) in [6.07, 6.45) is 0. The minimum absolute atomic E-state index is 0.218. The summed E-state index contributed by atoms with van der Waals surface area (Å²) < 4.78 is 16.0.